The zero-order valence-corrected chi connectivity index (χ0v) is 15.3. The molecule has 2 atom stereocenters. The molecule has 0 bridgehead atoms. The summed E-state index contributed by atoms with van der Waals surface area (Å²) < 4.78 is 0. The van der Waals surface area contributed by atoms with Crippen LogP contribution in [0.4, 0.5) is 0 Å². The summed E-state index contributed by atoms with van der Waals surface area (Å²) in [5.41, 5.74) is 0.955. The Kier molecular flexibility index (Phi) is 7.94. The second-order valence-electron chi connectivity index (χ2n) is 9.01. The first-order valence-corrected chi connectivity index (χ1v) is 8.44. The summed E-state index contributed by atoms with van der Waals surface area (Å²) in [7, 11) is 4.48. The maximum Gasteiger partial charge on any atom is 0.0141 e. The molecule has 0 aromatic carbocycles. The minimum Gasteiger partial charge on any atom is -0.303 e. The van der Waals surface area contributed by atoms with Gasteiger partial charge in [0.1, 0.15) is 0 Å². The number of hydrogen-bond acceptors (Lipinski definition) is 2. The Balaban J connectivity index is 0.000000364. The lowest BCUT2D eigenvalue weighted by Crippen LogP contribution is -2.36. The van der Waals surface area contributed by atoms with Crippen molar-refractivity contribution in [3.05, 3.63) is 0 Å². The van der Waals surface area contributed by atoms with Crippen molar-refractivity contribution in [2.24, 2.45) is 10.8 Å². The molecule has 0 N–H and O–H groups in total. The molecule has 21 heavy (non-hydrogen) atoms. The lowest BCUT2D eigenvalue weighted by molar-refractivity contribution is 0.169. The molecule has 128 valence electrons. The topological polar surface area (TPSA) is 6.48 Å². The number of nitrogens with zero attached hydrogens (tertiary/aromatic N) is 2. The fourth-order valence-electron chi connectivity index (χ4n) is 4.01. The molecule has 0 saturated carbocycles. The highest BCUT2D eigenvalue weighted by atomic mass is 15.2. The largest absolute Gasteiger partial charge is 0.303 e. The average molecular weight is 299 g/mol. The van der Waals surface area contributed by atoms with Gasteiger partial charge in [-0.1, -0.05) is 49.0 Å². The van der Waals surface area contributed by atoms with Gasteiger partial charge in [0.2, 0.25) is 0 Å². The summed E-state index contributed by atoms with van der Waals surface area (Å²) in [4.78, 5) is 4.97. The highest BCUT2D eigenvalue weighted by Crippen LogP contribution is 2.31. The van der Waals surface area contributed by atoms with Crippen LogP contribution in [0.5, 0.6) is 0 Å². The molecule has 2 heteroatoms. The van der Waals surface area contributed by atoms with E-state index in [0.29, 0.717) is 10.8 Å². The highest BCUT2D eigenvalue weighted by molar-refractivity contribution is 4.86. The summed E-state index contributed by atoms with van der Waals surface area (Å²) in [6.45, 7) is 16.6. The molecule has 2 fully saturated rings. The van der Waals surface area contributed by atoms with E-state index in [-0.39, 0.29) is 7.43 Å². The molecule has 2 rings (SSSR count). The van der Waals surface area contributed by atoms with E-state index in [2.05, 4.69) is 65.4 Å². The quantitative estimate of drug-likeness (QED) is 0.628. The first-order valence-electron chi connectivity index (χ1n) is 8.44. The third-order valence-corrected chi connectivity index (χ3v) is 5.04. The normalized spacial score (nSPS) is 28.0. The van der Waals surface area contributed by atoms with Gasteiger partial charge in [0.25, 0.3) is 0 Å². The Morgan fingerprint density at radius 3 is 1.05 bits per heavy atom. The predicted octanol–water partition coefficient (Wildman–Crippen LogP) is 4.89. The fourth-order valence-corrected chi connectivity index (χ4v) is 4.01. The third kappa shape index (κ3) is 6.28. The van der Waals surface area contributed by atoms with Crippen LogP contribution in [-0.4, -0.2) is 49.1 Å². The maximum absolute atomic E-state index is 2.49. The van der Waals surface area contributed by atoms with Gasteiger partial charge in [0, 0.05) is 12.1 Å². The van der Waals surface area contributed by atoms with Gasteiger partial charge in [-0.15, -0.1) is 0 Å². The van der Waals surface area contributed by atoms with Crippen LogP contribution in [-0.2, 0) is 0 Å². The van der Waals surface area contributed by atoms with Gasteiger partial charge in [0.05, 0.1) is 0 Å². The van der Waals surface area contributed by atoms with Gasteiger partial charge >= 0.3 is 0 Å². The molecule has 0 aromatic rings. The zero-order valence-electron chi connectivity index (χ0n) is 15.3. The van der Waals surface area contributed by atoms with Crippen molar-refractivity contribution in [1.82, 2.24) is 9.80 Å². The van der Waals surface area contributed by atoms with Crippen molar-refractivity contribution in [3.63, 3.8) is 0 Å². The average Bonchev–Trinajstić information content (AvgIpc) is 2.85. The van der Waals surface area contributed by atoms with Crippen LogP contribution < -0.4 is 0 Å². The van der Waals surface area contributed by atoms with Crippen molar-refractivity contribution in [1.29, 1.82) is 0 Å². The Morgan fingerprint density at radius 2 is 0.952 bits per heavy atom. The SMILES string of the molecule is C.CN1CCC[C@@H]1C(C)(C)C.CN1CCC[C@H]1C(C)(C)C. The molecule has 2 heterocycles. The van der Waals surface area contributed by atoms with Crippen molar-refractivity contribution < 1.29 is 0 Å². The summed E-state index contributed by atoms with van der Waals surface area (Å²) in [5, 5.41) is 0. The van der Waals surface area contributed by atoms with E-state index in [4.69, 9.17) is 0 Å². The van der Waals surface area contributed by atoms with Gasteiger partial charge in [-0.05, 0) is 63.7 Å². The van der Waals surface area contributed by atoms with E-state index in [0.717, 1.165) is 12.1 Å². The van der Waals surface area contributed by atoms with Crippen molar-refractivity contribution >= 4 is 0 Å². The van der Waals surface area contributed by atoms with Crippen LogP contribution in [0.1, 0.15) is 74.7 Å². The van der Waals surface area contributed by atoms with Gasteiger partial charge in [-0.25, -0.2) is 0 Å². The van der Waals surface area contributed by atoms with E-state index < -0.39 is 0 Å². The van der Waals surface area contributed by atoms with Crippen molar-refractivity contribution in [2.75, 3.05) is 27.2 Å². The molecular formula is C19H42N2. The smallest absolute Gasteiger partial charge is 0.0141 e. The second-order valence-corrected chi connectivity index (χ2v) is 9.01. The highest BCUT2D eigenvalue weighted by Gasteiger charge is 2.32. The Morgan fingerprint density at radius 1 is 0.667 bits per heavy atom. The van der Waals surface area contributed by atoms with Gasteiger partial charge in [-0.3, -0.25) is 0 Å². The molecule has 2 aliphatic rings. The predicted molar refractivity (Wildman–Crippen MR) is 96.9 cm³/mol. The first kappa shape index (κ1) is 20.9. The number of hydrogen-bond donors (Lipinski definition) is 0. The molecule has 0 amide bonds. The molecule has 0 radical (unpaired) electrons. The fraction of sp³-hybridized carbons (Fsp3) is 1.00. The van der Waals surface area contributed by atoms with Crippen LogP contribution in [0, 0.1) is 10.8 Å². The lowest BCUT2D eigenvalue weighted by Gasteiger charge is -2.32. The van der Waals surface area contributed by atoms with E-state index in [1.807, 2.05) is 0 Å². The summed E-state index contributed by atoms with van der Waals surface area (Å²) in [6, 6.07) is 1.62. The maximum atomic E-state index is 2.49. The van der Waals surface area contributed by atoms with E-state index in [1.165, 1.54) is 38.8 Å². The van der Waals surface area contributed by atoms with Crippen LogP contribution in [0.2, 0.25) is 0 Å². The van der Waals surface area contributed by atoms with E-state index in [1.54, 1.807) is 0 Å². The standard InChI is InChI=1S/2C9H19N.CH4/c2*1-9(2,3)8-6-5-7-10(8)4;/h2*8H,5-7H2,1-4H3;1H4/t2*8-;/m10./s1. The Labute approximate surface area is 135 Å². The molecule has 2 saturated heterocycles. The van der Waals surface area contributed by atoms with Crippen molar-refractivity contribution in [2.45, 2.75) is 86.7 Å². The molecular weight excluding hydrogens is 256 g/mol. The van der Waals surface area contributed by atoms with E-state index >= 15 is 0 Å². The molecule has 0 spiro atoms. The number of rotatable bonds is 0. The summed E-state index contributed by atoms with van der Waals surface area (Å²) >= 11 is 0. The third-order valence-electron chi connectivity index (χ3n) is 5.04. The monoisotopic (exact) mass is 298 g/mol. The first-order chi connectivity index (χ1) is 9.03. The van der Waals surface area contributed by atoms with Gasteiger partial charge < -0.3 is 9.80 Å². The molecule has 0 aromatic heterocycles. The minimum absolute atomic E-state index is 0. The Bertz CT molecular complexity index is 255. The molecule has 0 unspecified atom stereocenters. The second kappa shape index (κ2) is 7.97. The van der Waals surface area contributed by atoms with Crippen molar-refractivity contribution in [3.8, 4) is 0 Å². The van der Waals surface area contributed by atoms with Gasteiger partial charge in [0.15, 0.2) is 0 Å². The molecule has 2 aliphatic heterocycles. The van der Waals surface area contributed by atoms with Crippen LogP contribution in [0.3, 0.4) is 0 Å². The van der Waals surface area contributed by atoms with Crippen LogP contribution in [0.15, 0.2) is 0 Å². The zero-order chi connectivity index (χ0) is 15.6. The summed E-state index contributed by atoms with van der Waals surface area (Å²) in [6.07, 6.45) is 5.55. The lowest BCUT2D eigenvalue weighted by atomic mass is 9.85. The minimum atomic E-state index is 0. The molecule has 0 aliphatic carbocycles. The summed E-state index contributed by atoms with van der Waals surface area (Å²) in [5.74, 6) is 0. The van der Waals surface area contributed by atoms with Crippen LogP contribution in [0.25, 0.3) is 0 Å². The van der Waals surface area contributed by atoms with E-state index in [9.17, 15) is 0 Å². The van der Waals surface area contributed by atoms with Crippen LogP contribution >= 0.6 is 0 Å². The molecule has 2 nitrogen and oxygen atoms in total. The Hall–Kier alpha value is -0.0800. The number of likely N-dealkylation sites (tertiary alicyclic amines) is 2. The van der Waals surface area contributed by atoms with Gasteiger partial charge in [-0.2, -0.15) is 0 Å².